The molecule has 1 N–H and O–H groups in total. The van der Waals surface area contributed by atoms with Crippen LogP contribution in [-0.2, 0) is 16.0 Å². The summed E-state index contributed by atoms with van der Waals surface area (Å²) in [5.41, 5.74) is 1.08. The second kappa shape index (κ2) is 8.23. The number of hydrogen-bond acceptors (Lipinski definition) is 4. The highest BCUT2D eigenvalue weighted by molar-refractivity contribution is 5.80. The van der Waals surface area contributed by atoms with Gasteiger partial charge in [-0.25, -0.2) is 0 Å². The second-order valence-electron chi connectivity index (χ2n) is 6.63. The standard InChI is InChI=1S/C19H26N2O4/c1-2-9-20-19(23)15-7-10-21(11-8-15)18(22)6-4-14-3-5-16-17(12-14)25-13-24-16/h3,5,12,15H,2,4,6-11,13H2,1H3,(H,20,23). The van der Waals surface area contributed by atoms with Crippen LogP contribution in [0.5, 0.6) is 11.5 Å². The van der Waals surface area contributed by atoms with Gasteiger partial charge >= 0.3 is 0 Å². The topological polar surface area (TPSA) is 67.9 Å². The summed E-state index contributed by atoms with van der Waals surface area (Å²) >= 11 is 0. The van der Waals surface area contributed by atoms with E-state index in [-0.39, 0.29) is 24.5 Å². The van der Waals surface area contributed by atoms with Crippen molar-refractivity contribution in [1.82, 2.24) is 10.2 Å². The molecule has 0 aliphatic carbocycles. The lowest BCUT2D eigenvalue weighted by Crippen LogP contribution is -2.43. The molecular formula is C19H26N2O4. The zero-order chi connectivity index (χ0) is 17.6. The van der Waals surface area contributed by atoms with Crippen LogP contribution < -0.4 is 14.8 Å². The van der Waals surface area contributed by atoms with E-state index in [2.05, 4.69) is 5.32 Å². The normalized spacial score (nSPS) is 16.8. The first-order valence-corrected chi connectivity index (χ1v) is 9.11. The Balaban J connectivity index is 1.43. The number of amides is 2. The van der Waals surface area contributed by atoms with Crippen molar-refractivity contribution in [3.63, 3.8) is 0 Å². The molecule has 1 aromatic carbocycles. The van der Waals surface area contributed by atoms with Crippen molar-refractivity contribution in [2.24, 2.45) is 5.92 Å². The quantitative estimate of drug-likeness (QED) is 0.857. The van der Waals surface area contributed by atoms with Crippen molar-refractivity contribution in [1.29, 1.82) is 0 Å². The lowest BCUT2D eigenvalue weighted by Gasteiger charge is -2.31. The summed E-state index contributed by atoms with van der Waals surface area (Å²) < 4.78 is 10.7. The molecule has 2 amide bonds. The van der Waals surface area contributed by atoms with E-state index in [0.717, 1.165) is 42.9 Å². The van der Waals surface area contributed by atoms with Crippen LogP contribution in [0.2, 0.25) is 0 Å². The van der Waals surface area contributed by atoms with Gasteiger partial charge in [0.05, 0.1) is 0 Å². The van der Waals surface area contributed by atoms with Gasteiger partial charge < -0.3 is 19.7 Å². The number of nitrogens with zero attached hydrogens (tertiary/aromatic N) is 1. The summed E-state index contributed by atoms with van der Waals surface area (Å²) in [4.78, 5) is 26.3. The van der Waals surface area contributed by atoms with Crippen molar-refractivity contribution in [2.45, 2.75) is 39.0 Å². The van der Waals surface area contributed by atoms with Crippen LogP contribution in [0.1, 0.15) is 38.2 Å². The molecule has 0 bridgehead atoms. The third kappa shape index (κ3) is 4.44. The Bertz CT molecular complexity index is 624. The Morgan fingerprint density at radius 1 is 1.20 bits per heavy atom. The SMILES string of the molecule is CCCNC(=O)C1CCN(C(=O)CCc2ccc3c(c2)OCO3)CC1. The van der Waals surface area contributed by atoms with Crippen molar-refractivity contribution >= 4 is 11.8 Å². The smallest absolute Gasteiger partial charge is 0.231 e. The minimum atomic E-state index is 0.0458. The number of benzene rings is 1. The molecule has 0 unspecified atom stereocenters. The highest BCUT2D eigenvalue weighted by Gasteiger charge is 2.26. The summed E-state index contributed by atoms with van der Waals surface area (Å²) in [5.74, 6) is 1.85. The number of nitrogens with one attached hydrogen (secondary N) is 1. The lowest BCUT2D eigenvalue weighted by molar-refractivity contribution is -0.135. The molecule has 6 nitrogen and oxygen atoms in total. The number of carbonyl (C=O) groups excluding carboxylic acids is 2. The van der Waals surface area contributed by atoms with Crippen molar-refractivity contribution < 1.29 is 19.1 Å². The molecule has 136 valence electrons. The van der Waals surface area contributed by atoms with Crippen molar-refractivity contribution in [3.05, 3.63) is 23.8 Å². The summed E-state index contributed by atoms with van der Waals surface area (Å²) in [6.45, 7) is 4.38. The van der Waals surface area contributed by atoms with Gasteiger partial charge in [-0.15, -0.1) is 0 Å². The number of hydrogen-bond donors (Lipinski definition) is 1. The monoisotopic (exact) mass is 346 g/mol. The molecule has 0 radical (unpaired) electrons. The van der Waals surface area contributed by atoms with Crippen LogP contribution in [0, 0.1) is 5.92 Å². The molecule has 25 heavy (non-hydrogen) atoms. The molecule has 1 fully saturated rings. The Hall–Kier alpha value is -2.24. The van der Waals surface area contributed by atoms with Crippen LogP contribution in [0.25, 0.3) is 0 Å². The fraction of sp³-hybridized carbons (Fsp3) is 0.579. The predicted molar refractivity (Wildman–Crippen MR) is 93.5 cm³/mol. The molecule has 2 heterocycles. The third-order valence-electron chi connectivity index (χ3n) is 4.83. The fourth-order valence-electron chi connectivity index (χ4n) is 3.29. The summed E-state index contributed by atoms with van der Waals surface area (Å²) in [7, 11) is 0. The van der Waals surface area contributed by atoms with Crippen molar-refractivity contribution in [2.75, 3.05) is 26.4 Å². The first-order chi connectivity index (χ1) is 12.2. The maximum atomic E-state index is 12.4. The van der Waals surface area contributed by atoms with Gasteiger partial charge in [0.1, 0.15) is 0 Å². The minimum Gasteiger partial charge on any atom is -0.454 e. The number of fused-ring (bicyclic) bond motifs is 1. The molecule has 1 saturated heterocycles. The van der Waals surface area contributed by atoms with Crippen LogP contribution in [0.4, 0.5) is 0 Å². The van der Waals surface area contributed by atoms with Gasteiger partial charge in [-0.05, 0) is 43.4 Å². The molecule has 0 atom stereocenters. The average Bonchev–Trinajstić information content (AvgIpc) is 3.12. The Morgan fingerprint density at radius 3 is 2.72 bits per heavy atom. The number of likely N-dealkylation sites (tertiary alicyclic amines) is 1. The predicted octanol–water partition coefficient (Wildman–Crippen LogP) is 2.11. The number of rotatable bonds is 6. The molecule has 1 aromatic rings. The summed E-state index contributed by atoms with van der Waals surface area (Å²) in [5, 5.41) is 2.95. The first-order valence-electron chi connectivity index (χ1n) is 9.11. The van der Waals surface area contributed by atoms with Gasteiger partial charge in [0.15, 0.2) is 11.5 Å². The number of aryl methyl sites for hydroxylation is 1. The van der Waals surface area contributed by atoms with Crippen LogP contribution >= 0.6 is 0 Å². The Kier molecular flexibility index (Phi) is 5.79. The first kappa shape index (κ1) is 17.6. The maximum Gasteiger partial charge on any atom is 0.231 e. The largest absolute Gasteiger partial charge is 0.454 e. The maximum absolute atomic E-state index is 12.4. The number of ether oxygens (including phenoxy) is 2. The van der Waals surface area contributed by atoms with Gasteiger partial charge in [-0.3, -0.25) is 9.59 Å². The van der Waals surface area contributed by atoms with E-state index in [1.54, 1.807) is 0 Å². The van der Waals surface area contributed by atoms with E-state index in [4.69, 9.17) is 9.47 Å². The zero-order valence-corrected chi connectivity index (χ0v) is 14.8. The Morgan fingerprint density at radius 2 is 1.96 bits per heavy atom. The molecular weight excluding hydrogens is 320 g/mol. The van der Waals surface area contributed by atoms with E-state index < -0.39 is 0 Å². The highest BCUT2D eigenvalue weighted by Crippen LogP contribution is 2.32. The van der Waals surface area contributed by atoms with Gasteiger partial charge in [0, 0.05) is 32.0 Å². The fourth-order valence-corrected chi connectivity index (χ4v) is 3.29. The van der Waals surface area contributed by atoms with Gasteiger partial charge in [0.25, 0.3) is 0 Å². The number of carbonyl (C=O) groups is 2. The molecule has 3 rings (SSSR count). The molecule has 6 heteroatoms. The minimum absolute atomic E-state index is 0.0458. The Labute approximate surface area is 148 Å². The van der Waals surface area contributed by atoms with Gasteiger partial charge in [-0.2, -0.15) is 0 Å². The van der Waals surface area contributed by atoms with E-state index >= 15 is 0 Å². The van der Waals surface area contributed by atoms with Crippen LogP contribution in [0.3, 0.4) is 0 Å². The average molecular weight is 346 g/mol. The van der Waals surface area contributed by atoms with E-state index in [1.807, 2.05) is 30.0 Å². The lowest BCUT2D eigenvalue weighted by atomic mass is 9.95. The van der Waals surface area contributed by atoms with Gasteiger partial charge in [0.2, 0.25) is 18.6 Å². The van der Waals surface area contributed by atoms with E-state index in [1.165, 1.54) is 0 Å². The molecule has 0 aromatic heterocycles. The van der Waals surface area contributed by atoms with Crippen LogP contribution in [0.15, 0.2) is 18.2 Å². The highest BCUT2D eigenvalue weighted by atomic mass is 16.7. The van der Waals surface area contributed by atoms with Crippen LogP contribution in [-0.4, -0.2) is 43.1 Å². The zero-order valence-electron chi connectivity index (χ0n) is 14.8. The van der Waals surface area contributed by atoms with Crippen molar-refractivity contribution in [3.8, 4) is 11.5 Å². The second-order valence-corrected chi connectivity index (χ2v) is 6.63. The summed E-state index contributed by atoms with van der Waals surface area (Å²) in [6, 6.07) is 5.81. The van der Waals surface area contributed by atoms with Gasteiger partial charge in [-0.1, -0.05) is 13.0 Å². The molecule has 0 spiro atoms. The third-order valence-corrected chi connectivity index (χ3v) is 4.83. The summed E-state index contributed by atoms with van der Waals surface area (Å²) in [6.07, 6.45) is 3.62. The molecule has 2 aliphatic rings. The number of piperidine rings is 1. The van der Waals surface area contributed by atoms with E-state index in [0.29, 0.717) is 25.9 Å². The molecule has 2 aliphatic heterocycles. The molecule has 0 saturated carbocycles. The van der Waals surface area contributed by atoms with E-state index in [9.17, 15) is 9.59 Å².